The summed E-state index contributed by atoms with van der Waals surface area (Å²) in [6.07, 6.45) is 1.76. The Balaban J connectivity index is 1.53. The molecule has 8 nitrogen and oxygen atoms in total. The van der Waals surface area contributed by atoms with Crippen molar-refractivity contribution in [1.29, 1.82) is 0 Å². The zero-order chi connectivity index (χ0) is 19.2. The molecule has 1 saturated heterocycles. The zero-order valence-corrected chi connectivity index (χ0v) is 15.6. The number of hydrazine groups is 1. The lowest BCUT2D eigenvalue weighted by atomic mass is 10.1. The molecule has 0 spiro atoms. The largest absolute Gasteiger partial charge is 0.489 e. The van der Waals surface area contributed by atoms with E-state index in [1.807, 2.05) is 24.3 Å². The van der Waals surface area contributed by atoms with E-state index in [-0.39, 0.29) is 17.7 Å². The lowest BCUT2D eigenvalue weighted by Crippen LogP contribution is -2.41. The van der Waals surface area contributed by atoms with Crippen molar-refractivity contribution < 1.29 is 14.3 Å². The number of hydrogen-bond donors (Lipinski definition) is 2. The van der Waals surface area contributed by atoms with Crippen LogP contribution in [0.5, 0.6) is 5.75 Å². The van der Waals surface area contributed by atoms with Gasteiger partial charge in [-0.15, -0.1) is 10.2 Å². The van der Waals surface area contributed by atoms with Crippen LogP contribution in [0.1, 0.15) is 30.3 Å². The van der Waals surface area contributed by atoms with Crippen LogP contribution in [0.25, 0.3) is 0 Å². The van der Waals surface area contributed by atoms with Gasteiger partial charge in [-0.05, 0) is 24.3 Å². The van der Waals surface area contributed by atoms with Crippen LogP contribution < -0.4 is 20.5 Å². The molecule has 0 unspecified atom stereocenters. The zero-order valence-electron chi connectivity index (χ0n) is 14.8. The summed E-state index contributed by atoms with van der Waals surface area (Å²) in [6.45, 7) is 2.83. The molecule has 0 radical (unpaired) electrons. The SMILES string of the molecule is CC(=O)NNC(=O)c1ccc(N2CCC(Oc3ccccc3Cl)CC2)nn1. The number of nitrogens with zero attached hydrogens (tertiary/aromatic N) is 3. The molecule has 142 valence electrons. The van der Waals surface area contributed by atoms with Gasteiger partial charge in [0.05, 0.1) is 5.02 Å². The summed E-state index contributed by atoms with van der Waals surface area (Å²) in [4.78, 5) is 24.7. The van der Waals surface area contributed by atoms with Crippen molar-refractivity contribution in [2.75, 3.05) is 18.0 Å². The Hall–Kier alpha value is -2.87. The Kier molecular flexibility index (Phi) is 6.08. The van der Waals surface area contributed by atoms with E-state index < -0.39 is 5.91 Å². The van der Waals surface area contributed by atoms with Gasteiger partial charge < -0.3 is 9.64 Å². The van der Waals surface area contributed by atoms with Crippen molar-refractivity contribution >= 4 is 29.2 Å². The predicted molar refractivity (Wildman–Crippen MR) is 101 cm³/mol. The molecule has 1 fully saturated rings. The summed E-state index contributed by atoms with van der Waals surface area (Å²) in [5.74, 6) is 0.514. The molecular formula is C18H20ClN5O3. The third-order valence-electron chi connectivity index (χ3n) is 4.13. The topological polar surface area (TPSA) is 96.5 Å². The number of rotatable bonds is 4. The molecule has 0 aliphatic carbocycles. The lowest BCUT2D eigenvalue weighted by Gasteiger charge is -2.32. The summed E-state index contributed by atoms with van der Waals surface area (Å²) in [5, 5.41) is 8.65. The van der Waals surface area contributed by atoms with E-state index in [0.717, 1.165) is 25.9 Å². The van der Waals surface area contributed by atoms with Crippen LogP contribution in [-0.2, 0) is 4.79 Å². The maximum Gasteiger partial charge on any atom is 0.290 e. The van der Waals surface area contributed by atoms with Crippen LogP contribution in [0.2, 0.25) is 5.02 Å². The molecule has 9 heteroatoms. The average Bonchev–Trinajstić information content (AvgIpc) is 2.68. The fourth-order valence-corrected chi connectivity index (χ4v) is 2.93. The highest BCUT2D eigenvalue weighted by atomic mass is 35.5. The van der Waals surface area contributed by atoms with Crippen molar-refractivity contribution in [3.05, 3.63) is 47.1 Å². The van der Waals surface area contributed by atoms with E-state index in [4.69, 9.17) is 16.3 Å². The smallest absolute Gasteiger partial charge is 0.290 e. The van der Waals surface area contributed by atoms with Gasteiger partial charge in [0.1, 0.15) is 11.9 Å². The molecule has 27 heavy (non-hydrogen) atoms. The molecule has 1 aromatic carbocycles. The first-order valence-electron chi connectivity index (χ1n) is 8.59. The summed E-state index contributed by atoms with van der Waals surface area (Å²) in [5.41, 5.74) is 4.59. The first-order valence-corrected chi connectivity index (χ1v) is 8.97. The highest BCUT2D eigenvalue weighted by molar-refractivity contribution is 6.32. The number of aromatic nitrogens is 2. The second-order valence-electron chi connectivity index (χ2n) is 6.15. The molecule has 2 heterocycles. The molecule has 3 rings (SSSR count). The van der Waals surface area contributed by atoms with Crippen molar-refractivity contribution in [2.24, 2.45) is 0 Å². The number of hydrogen-bond acceptors (Lipinski definition) is 6. The second-order valence-corrected chi connectivity index (χ2v) is 6.55. The standard InChI is InChI=1S/C18H20ClN5O3/c1-12(25)20-23-18(26)15-6-7-17(22-21-15)24-10-8-13(9-11-24)27-16-5-3-2-4-14(16)19/h2-7,13H,8-11H2,1H3,(H,20,25)(H,23,26). The molecule has 1 aliphatic heterocycles. The maximum atomic E-state index is 11.8. The molecule has 2 amide bonds. The van der Waals surface area contributed by atoms with Gasteiger partial charge in [0, 0.05) is 32.9 Å². The highest BCUT2D eigenvalue weighted by Crippen LogP contribution is 2.27. The summed E-state index contributed by atoms with van der Waals surface area (Å²) < 4.78 is 5.99. The minimum atomic E-state index is -0.518. The predicted octanol–water partition coefficient (Wildman–Crippen LogP) is 1.96. The van der Waals surface area contributed by atoms with E-state index in [1.165, 1.54) is 6.92 Å². The number of amides is 2. The normalized spacial score (nSPS) is 14.5. The fourth-order valence-electron chi connectivity index (χ4n) is 2.75. The average molecular weight is 390 g/mol. The van der Waals surface area contributed by atoms with Crippen molar-refractivity contribution in [1.82, 2.24) is 21.0 Å². The number of ether oxygens (including phenoxy) is 1. The number of carbonyl (C=O) groups excluding carboxylic acids is 2. The van der Waals surface area contributed by atoms with Crippen LogP contribution >= 0.6 is 11.6 Å². The number of halogens is 1. The summed E-state index contributed by atoms with van der Waals surface area (Å²) >= 11 is 6.14. The van der Waals surface area contributed by atoms with Crippen molar-refractivity contribution in [2.45, 2.75) is 25.9 Å². The quantitative estimate of drug-likeness (QED) is 0.776. The third kappa shape index (κ3) is 5.07. The lowest BCUT2D eigenvalue weighted by molar-refractivity contribution is -0.119. The molecule has 2 N–H and O–H groups in total. The third-order valence-corrected chi connectivity index (χ3v) is 4.44. The van der Waals surface area contributed by atoms with Gasteiger partial charge >= 0.3 is 0 Å². The van der Waals surface area contributed by atoms with E-state index in [2.05, 4.69) is 25.9 Å². The van der Waals surface area contributed by atoms with Gasteiger partial charge in [-0.2, -0.15) is 0 Å². The Morgan fingerprint density at radius 1 is 1.11 bits per heavy atom. The maximum absolute atomic E-state index is 11.8. The number of piperidine rings is 1. The van der Waals surface area contributed by atoms with E-state index in [0.29, 0.717) is 16.6 Å². The van der Waals surface area contributed by atoms with Crippen molar-refractivity contribution in [3.63, 3.8) is 0 Å². The highest BCUT2D eigenvalue weighted by Gasteiger charge is 2.22. The Labute approximate surface area is 161 Å². The first-order chi connectivity index (χ1) is 13.0. The van der Waals surface area contributed by atoms with E-state index in [9.17, 15) is 9.59 Å². The van der Waals surface area contributed by atoms with Gasteiger partial charge in [-0.1, -0.05) is 23.7 Å². The number of para-hydroxylation sites is 1. The Bertz CT molecular complexity index is 807. The fraction of sp³-hybridized carbons (Fsp3) is 0.333. The van der Waals surface area contributed by atoms with Crippen LogP contribution in [0.3, 0.4) is 0 Å². The second kappa shape index (κ2) is 8.68. The Morgan fingerprint density at radius 2 is 1.85 bits per heavy atom. The van der Waals surface area contributed by atoms with Gasteiger partial charge in [0.2, 0.25) is 5.91 Å². The van der Waals surface area contributed by atoms with Crippen molar-refractivity contribution in [3.8, 4) is 5.75 Å². The number of nitrogens with one attached hydrogen (secondary N) is 2. The van der Waals surface area contributed by atoms with E-state index in [1.54, 1.807) is 12.1 Å². The molecule has 0 saturated carbocycles. The number of benzene rings is 1. The molecule has 1 aliphatic rings. The van der Waals surface area contributed by atoms with E-state index >= 15 is 0 Å². The Morgan fingerprint density at radius 3 is 2.48 bits per heavy atom. The first kappa shape index (κ1) is 18.9. The van der Waals surface area contributed by atoms with Gasteiger partial charge in [0.25, 0.3) is 5.91 Å². The number of anilines is 1. The minimum Gasteiger partial charge on any atom is -0.489 e. The van der Waals surface area contributed by atoms with Crippen LogP contribution in [-0.4, -0.2) is 41.2 Å². The molecular weight excluding hydrogens is 370 g/mol. The number of carbonyl (C=O) groups is 2. The molecule has 1 aromatic heterocycles. The monoisotopic (exact) mass is 389 g/mol. The van der Waals surface area contributed by atoms with Gasteiger partial charge in [-0.25, -0.2) is 0 Å². The minimum absolute atomic E-state index is 0.0943. The van der Waals surface area contributed by atoms with Crippen LogP contribution in [0.4, 0.5) is 5.82 Å². The molecule has 2 aromatic rings. The van der Waals surface area contributed by atoms with Crippen LogP contribution in [0, 0.1) is 0 Å². The molecule has 0 bridgehead atoms. The van der Waals surface area contributed by atoms with Crippen LogP contribution in [0.15, 0.2) is 36.4 Å². The summed E-state index contributed by atoms with van der Waals surface area (Å²) in [7, 11) is 0. The van der Waals surface area contributed by atoms with Gasteiger partial charge in [-0.3, -0.25) is 20.4 Å². The molecule has 0 atom stereocenters. The summed E-state index contributed by atoms with van der Waals surface area (Å²) in [6, 6.07) is 10.8. The van der Waals surface area contributed by atoms with Gasteiger partial charge in [0.15, 0.2) is 11.5 Å².